The fourth-order valence-electron chi connectivity index (χ4n) is 1.52. The summed E-state index contributed by atoms with van der Waals surface area (Å²) in [5, 5.41) is 9.08. The van der Waals surface area contributed by atoms with Gasteiger partial charge in [0.25, 0.3) is 0 Å². The Labute approximate surface area is 78.0 Å². The zero-order valence-corrected chi connectivity index (χ0v) is 7.77. The van der Waals surface area contributed by atoms with Crippen LogP contribution in [0, 0.1) is 6.92 Å². The first-order chi connectivity index (χ1) is 6.24. The highest BCUT2D eigenvalue weighted by Crippen LogP contribution is 2.12. The lowest BCUT2D eigenvalue weighted by Gasteiger charge is -2.35. The normalized spacial score (nSPS) is 18.6. The third kappa shape index (κ3) is 2.05. The summed E-state index contributed by atoms with van der Waals surface area (Å²) in [5.41, 5.74) is 2.27. The molecule has 3 heteroatoms. The zero-order valence-electron chi connectivity index (χ0n) is 7.77. The largest absolute Gasteiger partial charge is 0.390 e. The molecule has 70 valence electrons. The van der Waals surface area contributed by atoms with Crippen LogP contribution in [0.1, 0.15) is 11.3 Å². The molecule has 1 aromatic rings. The van der Waals surface area contributed by atoms with Gasteiger partial charge in [-0.1, -0.05) is 6.07 Å². The molecule has 2 rings (SSSR count). The number of aryl methyl sites for hydroxylation is 1. The first-order valence-corrected chi connectivity index (χ1v) is 4.56. The van der Waals surface area contributed by atoms with E-state index in [0.29, 0.717) is 0 Å². The number of pyridine rings is 1. The lowest BCUT2D eigenvalue weighted by Crippen LogP contribution is -2.49. The minimum absolute atomic E-state index is 0.113. The molecule has 0 atom stereocenters. The monoisotopic (exact) mass is 178 g/mol. The minimum Gasteiger partial charge on any atom is -0.390 e. The molecule has 1 saturated heterocycles. The lowest BCUT2D eigenvalue weighted by atomic mass is 10.1. The van der Waals surface area contributed by atoms with E-state index in [1.54, 1.807) is 0 Å². The van der Waals surface area contributed by atoms with Gasteiger partial charge in [-0.15, -0.1) is 0 Å². The van der Waals surface area contributed by atoms with Crippen LogP contribution in [0.25, 0.3) is 0 Å². The fourth-order valence-corrected chi connectivity index (χ4v) is 1.52. The molecule has 0 spiro atoms. The predicted octanol–water partition coefficient (Wildman–Crippen LogP) is 0.567. The summed E-state index contributed by atoms with van der Waals surface area (Å²) >= 11 is 0. The molecule has 0 bridgehead atoms. The Morgan fingerprint density at radius 3 is 2.85 bits per heavy atom. The second kappa shape index (κ2) is 3.44. The van der Waals surface area contributed by atoms with E-state index in [0.717, 1.165) is 25.3 Å². The van der Waals surface area contributed by atoms with E-state index in [4.69, 9.17) is 5.11 Å². The van der Waals surface area contributed by atoms with Gasteiger partial charge in [0.15, 0.2) is 0 Å². The van der Waals surface area contributed by atoms with Crippen molar-refractivity contribution in [1.29, 1.82) is 0 Å². The van der Waals surface area contributed by atoms with Gasteiger partial charge in [0.1, 0.15) is 0 Å². The number of aliphatic hydroxyl groups is 1. The highest BCUT2D eigenvalue weighted by Gasteiger charge is 2.23. The molecule has 0 radical (unpaired) electrons. The van der Waals surface area contributed by atoms with Crippen molar-refractivity contribution in [3.63, 3.8) is 0 Å². The van der Waals surface area contributed by atoms with E-state index < -0.39 is 0 Å². The van der Waals surface area contributed by atoms with Gasteiger partial charge in [-0.25, -0.2) is 0 Å². The second-order valence-electron chi connectivity index (χ2n) is 3.66. The van der Waals surface area contributed by atoms with Crippen molar-refractivity contribution in [3.05, 3.63) is 29.6 Å². The number of β-amino-alcohol motifs (C(OH)–C–C–N with tert-alkyl or cyclic N) is 1. The Bertz CT molecular complexity index is 277. The molecule has 1 fully saturated rings. The molecule has 0 aliphatic carbocycles. The van der Waals surface area contributed by atoms with Crippen LogP contribution in [0.3, 0.4) is 0 Å². The van der Waals surface area contributed by atoms with Crippen LogP contribution in [0.15, 0.2) is 18.3 Å². The summed E-state index contributed by atoms with van der Waals surface area (Å²) in [7, 11) is 0. The Morgan fingerprint density at radius 2 is 2.31 bits per heavy atom. The minimum atomic E-state index is -0.113. The third-order valence-electron chi connectivity index (χ3n) is 2.32. The van der Waals surface area contributed by atoms with Gasteiger partial charge in [0, 0.05) is 31.5 Å². The molecule has 2 heterocycles. The molecule has 0 unspecified atom stereocenters. The molecule has 3 nitrogen and oxygen atoms in total. The molecular weight excluding hydrogens is 164 g/mol. The molecule has 0 saturated carbocycles. The number of hydrogen-bond donors (Lipinski definition) is 1. The van der Waals surface area contributed by atoms with Gasteiger partial charge >= 0.3 is 0 Å². The molecule has 0 aromatic carbocycles. The number of aliphatic hydroxyl groups excluding tert-OH is 1. The molecule has 1 aromatic heterocycles. The van der Waals surface area contributed by atoms with Crippen LogP contribution in [0.4, 0.5) is 0 Å². The van der Waals surface area contributed by atoms with Crippen LogP contribution < -0.4 is 0 Å². The fraction of sp³-hybridized carbons (Fsp3) is 0.500. The highest BCUT2D eigenvalue weighted by molar-refractivity contribution is 5.13. The number of nitrogens with zero attached hydrogens (tertiary/aromatic N) is 2. The standard InChI is InChI=1S/C10H14N2O/c1-8-2-3-9(4-11-8)5-12-6-10(13)7-12/h2-4,10,13H,5-7H2,1H3. The van der Waals surface area contributed by atoms with E-state index in [1.165, 1.54) is 5.56 Å². The van der Waals surface area contributed by atoms with Crippen molar-refractivity contribution < 1.29 is 5.11 Å². The second-order valence-corrected chi connectivity index (χ2v) is 3.66. The molecule has 13 heavy (non-hydrogen) atoms. The lowest BCUT2D eigenvalue weighted by molar-refractivity contribution is -0.00292. The number of hydrogen-bond acceptors (Lipinski definition) is 3. The summed E-state index contributed by atoms with van der Waals surface area (Å²) in [5.74, 6) is 0. The number of likely N-dealkylation sites (tertiary alicyclic amines) is 1. The van der Waals surface area contributed by atoms with E-state index in [-0.39, 0.29) is 6.10 Å². The van der Waals surface area contributed by atoms with Crippen molar-refractivity contribution in [2.24, 2.45) is 0 Å². The Hall–Kier alpha value is -0.930. The van der Waals surface area contributed by atoms with Crippen LogP contribution in [0.2, 0.25) is 0 Å². The van der Waals surface area contributed by atoms with Crippen molar-refractivity contribution in [3.8, 4) is 0 Å². The van der Waals surface area contributed by atoms with Gasteiger partial charge < -0.3 is 5.11 Å². The topological polar surface area (TPSA) is 36.4 Å². The summed E-state index contributed by atoms with van der Waals surface area (Å²) in [4.78, 5) is 6.43. The molecule has 1 N–H and O–H groups in total. The third-order valence-corrected chi connectivity index (χ3v) is 2.32. The summed E-state index contributed by atoms with van der Waals surface area (Å²) in [6.07, 6.45) is 1.79. The molecule has 1 aliphatic heterocycles. The smallest absolute Gasteiger partial charge is 0.0794 e. The maximum absolute atomic E-state index is 9.08. The Kier molecular flexibility index (Phi) is 2.29. The van der Waals surface area contributed by atoms with Gasteiger partial charge in [-0.3, -0.25) is 9.88 Å². The Balaban J connectivity index is 1.91. The predicted molar refractivity (Wildman–Crippen MR) is 50.3 cm³/mol. The Morgan fingerprint density at radius 1 is 1.54 bits per heavy atom. The zero-order chi connectivity index (χ0) is 9.26. The van der Waals surface area contributed by atoms with Crippen molar-refractivity contribution in [2.45, 2.75) is 19.6 Å². The average Bonchev–Trinajstić information content (AvgIpc) is 2.06. The van der Waals surface area contributed by atoms with Crippen molar-refractivity contribution >= 4 is 0 Å². The van der Waals surface area contributed by atoms with Crippen molar-refractivity contribution in [2.75, 3.05) is 13.1 Å². The van der Waals surface area contributed by atoms with E-state index >= 15 is 0 Å². The maximum atomic E-state index is 9.08. The highest BCUT2D eigenvalue weighted by atomic mass is 16.3. The van der Waals surface area contributed by atoms with Crippen molar-refractivity contribution in [1.82, 2.24) is 9.88 Å². The maximum Gasteiger partial charge on any atom is 0.0794 e. The van der Waals surface area contributed by atoms with Crippen LogP contribution >= 0.6 is 0 Å². The van der Waals surface area contributed by atoms with E-state index in [9.17, 15) is 0 Å². The molecule has 1 aliphatic rings. The SMILES string of the molecule is Cc1ccc(CN2CC(O)C2)cn1. The first-order valence-electron chi connectivity index (χ1n) is 4.56. The summed E-state index contributed by atoms with van der Waals surface area (Å²) in [6, 6.07) is 4.11. The quantitative estimate of drug-likeness (QED) is 0.719. The van der Waals surface area contributed by atoms with Gasteiger partial charge in [0.2, 0.25) is 0 Å². The van der Waals surface area contributed by atoms with Gasteiger partial charge in [-0.2, -0.15) is 0 Å². The summed E-state index contributed by atoms with van der Waals surface area (Å²) < 4.78 is 0. The van der Waals surface area contributed by atoms with Crippen LogP contribution in [0.5, 0.6) is 0 Å². The van der Waals surface area contributed by atoms with Gasteiger partial charge in [0.05, 0.1) is 6.10 Å². The van der Waals surface area contributed by atoms with E-state index in [2.05, 4.69) is 16.0 Å². The number of rotatable bonds is 2. The van der Waals surface area contributed by atoms with E-state index in [1.807, 2.05) is 19.2 Å². The molecular formula is C10H14N2O. The van der Waals surface area contributed by atoms with Crippen LogP contribution in [-0.4, -0.2) is 34.2 Å². The van der Waals surface area contributed by atoms with Gasteiger partial charge in [-0.05, 0) is 18.6 Å². The average molecular weight is 178 g/mol. The number of aromatic nitrogens is 1. The first kappa shape index (κ1) is 8.66. The summed E-state index contributed by atoms with van der Waals surface area (Å²) in [6.45, 7) is 4.49. The molecule has 0 amide bonds. The van der Waals surface area contributed by atoms with Crippen LogP contribution in [-0.2, 0) is 6.54 Å².